The average Bonchev–Trinajstić information content (AvgIpc) is 2.90. The third-order valence-electron chi connectivity index (χ3n) is 4.01. The summed E-state index contributed by atoms with van der Waals surface area (Å²) in [5.41, 5.74) is 0.238. The molecule has 0 aromatic heterocycles. The lowest BCUT2D eigenvalue weighted by molar-refractivity contribution is -0.136. The van der Waals surface area contributed by atoms with Gasteiger partial charge in [0, 0.05) is 17.4 Å². The van der Waals surface area contributed by atoms with Gasteiger partial charge < -0.3 is 5.32 Å². The number of benzene rings is 1. The molecule has 2 N–H and O–H groups in total. The van der Waals surface area contributed by atoms with Gasteiger partial charge in [-0.05, 0) is 19.1 Å². The highest BCUT2D eigenvalue weighted by molar-refractivity contribution is 7.04. The van der Waals surface area contributed by atoms with Gasteiger partial charge in [-0.15, -0.1) is 0 Å². The first-order valence-electron chi connectivity index (χ1n) is 7.61. The molecule has 1 aliphatic heterocycles. The summed E-state index contributed by atoms with van der Waals surface area (Å²) in [6.45, 7) is 14.8. The maximum atomic E-state index is 13.0. The van der Waals surface area contributed by atoms with Gasteiger partial charge in [-0.2, -0.15) is 18.3 Å². The Hall–Kier alpha value is -2.34. The first-order valence-corrected chi connectivity index (χ1v) is 11.1. The van der Waals surface area contributed by atoms with E-state index in [9.17, 15) is 18.0 Å². The zero-order chi connectivity index (χ0) is 19.0. The Morgan fingerprint density at radius 1 is 1.40 bits per heavy atom. The lowest BCUT2D eigenvalue weighted by atomic mass is 9.99. The third-order valence-corrected chi connectivity index (χ3v) is 6.03. The van der Waals surface area contributed by atoms with Crippen molar-refractivity contribution >= 4 is 30.7 Å². The largest absolute Gasteiger partial charge is 0.407 e. The number of hydrogen-bond donors (Lipinski definition) is 2. The molecule has 0 bridgehead atoms. The van der Waals surface area contributed by atoms with E-state index in [-0.39, 0.29) is 5.69 Å². The normalized spacial score (nSPS) is 20.5. The summed E-state index contributed by atoms with van der Waals surface area (Å²) in [5.74, 6) is -0.465. The number of carbonyl (C=O) groups excluding carboxylic acids is 1. The van der Waals surface area contributed by atoms with Gasteiger partial charge in [0.25, 0.3) is 5.91 Å². The number of hydrogen-bond acceptors (Lipinski definition) is 3. The number of hydrazone groups is 1. The molecule has 0 radical (unpaired) electrons. The minimum atomic E-state index is -4.66. The van der Waals surface area contributed by atoms with Gasteiger partial charge in [0.2, 0.25) is 0 Å². The van der Waals surface area contributed by atoms with Gasteiger partial charge in [0.15, 0.2) is 5.69 Å². The van der Waals surface area contributed by atoms with E-state index in [4.69, 9.17) is 6.57 Å². The van der Waals surface area contributed by atoms with Crippen LogP contribution in [-0.2, 0) is 11.0 Å². The predicted octanol–water partition coefficient (Wildman–Crippen LogP) is 4.18. The molecule has 1 aromatic rings. The molecule has 0 saturated carbocycles. The molecule has 0 fully saturated rings. The van der Waals surface area contributed by atoms with Crippen molar-refractivity contribution in [3.63, 3.8) is 0 Å². The highest BCUT2D eigenvalue weighted by atomic mass is 28.3. The van der Waals surface area contributed by atoms with Crippen LogP contribution in [0, 0.1) is 6.57 Å². The maximum absolute atomic E-state index is 13.0. The van der Waals surface area contributed by atoms with Crippen LogP contribution in [0.4, 0.5) is 24.5 Å². The molecule has 5 nitrogen and oxygen atoms in total. The van der Waals surface area contributed by atoms with Crippen molar-refractivity contribution in [1.29, 1.82) is 0 Å². The van der Waals surface area contributed by atoms with E-state index in [1.54, 1.807) is 6.92 Å². The molecule has 1 aliphatic rings. The Bertz CT molecular complexity index is 777. The van der Waals surface area contributed by atoms with E-state index < -0.39 is 36.9 Å². The Kier molecular flexibility index (Phi) is 4.70. The second-order valence-electron chi connectivity index (χ2n) is 7.22. The molecule has 0 saturated heterocycles. The molecular formula is C16H19F3N4OSi. The van der Waals surface area contributed by atoms with Gasteiger partial charge in [-0.1, -0.05) is 25.7 Å². The fourth-order valence-corrected chi connectivity index (χ4v) is 3.65. The number of carbonyl (C=O) groups is 1. The van der Waals surface area contributed by atoms with E-state index in [1.807, 2.05) is 0 Å². The van der Waals surface area contributed by atoms with E-state index in [1.165, 1.54) is 6.07 Å². The molecule has 1 amide bonds. The van der Waals surface area contributed by atoms with Crippen LogP contribution < -0.4 is 10.7 Å². The predicted molar refractivity (Wildman–Crippen MR) is 93.3 cm³/mol. The first-order chi connectivity index (χ1) is 11.4. The van der Waals surface area contributed by atoms with Crippen LogP contribution in [0.2, 0.25) is 19.6 Å². The molecule has 9 heteroatoms. The van der Waals surface area contributed by atoms with Crippen LogP contribution in [0.3, 0.4) is 0 Å². The molecule has 0 aliphatic carbocycles. The van der Waals surface area contributed by atoms with Gasteiger partial charge in [0.1, 0.15) is 5.54 Å². The monoisotopic (exact) mass is 368 g/mol. The van der Waals surface area contributed by atoms with Crippen molar-refractivity contribution in [2.24, 2.45) is 5.10 Å². The number of anilines is 1. The number of halogens is 3. The quantitative estimate of drug-likeness (QED) is 0.621. The highest BCUT2D eigenvalue weighted by Gasteiger charge is 2.42. The van der Waals surface area contributed by atoms with Crippen LogP contribution >= 0.6 is 0 Å². The Balaban J connectivity index is 2.21. The average molecular weight is 368 g/mol. The third kappa shape index (κ3) is 4.01. The van der Waals surface area contributed by atoms with E-state index >= 15 is 0 Å². The summed E-state index contributed by atoms with van der Waals surface area (Å²) < 4.78 is 39.1. The molecule has 1 atom stereocenters. The number of nitrogens with zero attached hydrogens (tertiary/aromatic N) is 2. The van der Waals surface area contributed by atoms with Crippen molar-refractivity contribution in [2.75, 3.05) is 5.32 Å². The zero-order valence-corrected chi connectivity index (χ0v) is 15.4. The fourth-order valence-electron chi connectivity index (χ4n) is 2.38. The molecular weight excluding hydrogens is 349 g/mol. The second-order valence-corrected chi connectivity index (χ2v) is 12.3. The summed E-state index contributed by atoms with van der Waals surface area (Å²) >= 11 is 0. The number of alkyl halides is 3. The zero-order valence-electron chi connectivity index (χ0n) is 14.4. The summed E-state index contributed by atoms with van der Waals surface area (Å²) in [6.07, 6.45) is -4.24. The summed E-state index contributed by atoms with van der Waals surface area (Å²) in [6, 6.07) is 3.13. The lowest BCUT2D eigenvalue weighted by Crippen LogP contribution is -2.48. The smallest absolute Gasteiger partial charge is 0.324 e. The summed E-state index contributed by atoms with van der Waals surface area (Å²) in [4.78, 5) is 15.4. The van der Waals surface area contributed by atoms with Crippen molar-refractivity contribution in [2.45, 2.75) is 44.7 Å². The van der Waals surface area contributed by atoms with Crippen LogP contribution in [-0.4, -0.2) is 24.9 Å². The van der Waals surface area contributed by atoms with Crippen molar-refractivity contribution in [3.05, 3.63) is 35.2 Å². The highest BCUT2D eigenvalue weighted by Crippen LogP contribution is 2.38. The summed E-state index contributed by atoms with van der Waals surface area (Å²) in [7, 11) is -1.67. The Labute approximate surface area is 145 Å². The van der Waals surface area contributed by atoms with Gasteiger partial charge in [-0.25, -0.2) is 4.85 Å². The molecule has 1 heterocycles. The molecule has 134 valence electrons. The molecule has 1 unspecified atom stereocenters. The molecule has 25 heavy (non-hydrogen) atoms. The molecule has 2 rings (SSSR count). The second kappa shape index (κ2) is 6.18. The minimum absolute atomic E-state index is 0.00537. The van der Waals surface area contributed by atoms with E-state index in [0.29, 0.717) is 6.42 Å². The van der Waals surface area contributed by atoms with Crippen LogP contribution in [0.25, 0.3) is 4.85 Å². The lowest BCUT2D eigenvalue weighted by Gasteiger charge is -2.24. The van der Waals surface area contributed by atoms with E-state index in [2.05, 4.69) is 40.3 Å². The van der Waals surface area contributed by atoms with Crippen LogP contribution in [0.15, 0.2) is 23.3 Å². The molecule has 1 aromatic carbocycles. The van der Waals surface area contributed by atoms with Crippen molar-refractivity contribution in [3.8, 4) is 0 Å². The number of rotatable bonds is 3. The minimum Gasteiger partial charge on any atom is -0.324 e. The SMILES string of the molecule is [C-]#[N+]c1ccc(NC(=O)C2(C)CC([Si](C)(C)C)=NN2)cc1C(F)(F)F. The van der Waals surface area contributed by atoms with Gasteiger partial charge in [0.05, 0.1) is 20.2 Å². The van der Waals surface area contributed by atoms with Gasteiger partial charge in [-0.3, -0.25) is 10.2 Å². The van der Waals surface area contributed by atoms with E-state index in [0.717, 1.165) is 17.5 Å². The first kappa shape index (κ1) is 19.0. The van der Waals surface area contributed by atoms with Crippen molar-refractivity contribution in [1.82, 2.24) is 5.43 Å². The standard InChI is InChI=1S/C16H19F3N4OSi/c1-15(9-13(22-23-15)25(3,4)5)14(24)21-10-6-7-12(20-2)11(8-10)16(17,18)19/h6-8,23H,9H2,1,3-5H3,(H,21,24). The molecule has 0 spiro atoms. The number of nitrogens with one attached hydrogen (secondary N) is 2. The topological polar surface area (TPSA) is 57.9 Å². The Morgan fingerprint density at radius 3 is 2.52 bits per heavy atom. The summed E-state index contributed by atoms with van der Waals surface area (Å²) in [5, 5.41) is 7.70. The fraction of sp³-hybridized carbons (Fsp3) is 0.438. The van der Waals surface area contributed by atoms with Crippen LogP contribution in [0.1, 0.15) is 18.9 Å². The van der Waals surface area contributed by atoms with Crippen LogP contribution in [0.5, 0.6) is 0 Å². The van der Waals surface area contributed by atoms with Crippen molar-refractivity contribution < 1.29 is 18.0 Å². The maximum Gasteiger partial charge on any atom is 0.407 e. The number of amides is 1. The Morgan fingerprint density at radius 2 is 2.04 bits per heavy atom. The van der Waals surface area contributed by atoms with Gasteiger partial charge >= 0.3 is 6.18 Å².